The maximum atomic E-state index is 11.7. The summed E-state index contributed by atoms with van der Waals surface area (Å²) in [5.41, 5.74) is 5.71. The molecular weight excluding hydrogens is 408 g/mol. The molecule has 0 saturated carbocycles. The van der Waals surface area contributed by atoms with Crippen molar-refractivity contribution in [1.29, 1.82) is 0 Å². The molecule has 4 heteroatoms. The zero-order valence-electron chi connectivity index (χ0n) is 19.1. The summed E-state index contributed by atoms with van der Waals surface area (Å²) in [5, 5.41) is 0. The molecule has 3 fully saturated rings. The van der Waals surface area contributed by atoms with Crippen molar-refractivity contribution in [1.82, 2.24) is 4.90 Å². The number of rotatable bonds is 6. The highest BCUT2D eigenvalue weighted by molar-refractivity contribution is 5.94. The standard InChI is InChI=1S/C29H30N2O2/c1-33-29(32)25-14-12-21(13-15-25)20-30-27-24-16-18-31(19-17-24)28(27)26(22-8-4-2-5-9-22)23-10-6-3-7-11-23/h2-15,24,26,28H,16-20H2,1H3. The third-order valence-electron chi connectivity index (χ3n) is 7.10. The Morgan fingerprint density at radius 1 is 0.909 bits per heavy atom. The van der Waals surface area contributed by atoms with Crippen LogP contribution in [-0.2, 0) is 11.3 Å². The average Bonchev–Trinajstić information content (AvgIpc) is 2.90. The predicted octanol–water partition coefficient (Wildman–Crippen LogP) is 5.34. The monoisotopic (exact) mass is 438 g/mol. The number of esters is 1. The zero-order valence-corrected chi connectivity index (χ0v) is 19.1. The molecule has 4 nitrogen and oxygen atoms in total. The quantitative estimate of drug-likeness (QED) is 0.488. The van der Waals surface area contributed by atoms with E-state index < -0.39 is 0 Å². The van der Waals surface area contributed by atoms with Crippen LogP contribution in [0.2, 0.25) is 0 Å². The van der Waals surface area contributed by atoms with Gasteiger partial charge in [-0.05, 0) is 54.8 Å². The minimum atomic E-state index is -0.307. The summed E-state index contributed by atoms with van der Waals surface area (Å²) in [5.74, 6) is 0.499. The van der Waals surface area contributed by atoms with Gasteiger partial charge in [-0.2, -0.15) is 0 Å². The van der Waals surface area contributed by atoms with E-state index in [1.807, 2.05) is 24.3 Å². The summed E-state index contributed by atoms with van der Waals surface area (Å²) in [6.45, 7) is 2.91. The van der Waals surface area contributed by atoms with E-state index in [0.29, 0.717) is 18.0 Å². The Kier molecular flexibility index (Phi) is 6.36. The SMILES string of the molecule is COC(=O)c1ccc(CN=C2C3CCN(CC3)C2C(c2ccccc2)c2ccccc2)cc1. The Morgan fingerprint density at radius 3 is 2.03 bits per heavy atom. The summed E-state index contributed by atoms with van der Waals surface area (Å²) < 4.78 is 4.82. The van der Waals surface area contributed by atoms with Crippen LogP contribution >= 0.6 is 0 Å². The van der Waals surface area contributed by atoms with Crippen molar-refractivity contribution in [3.8, 4) is 0 Å². The minimum Gasteiger partial charge on any atom is -0.465 e. The number of benzene rings is 3. The molecule has 0 aromatic heterocycles. The normalized spacial score (nSPS) is 23.1. The lowest BCUT2D eigenvalue weighted by atomic mass is 9.72. The number of nitrogens with zero attached hydrogens (tertiary/aromatic N) is 2. The summed E-state index contributed by atoms with van der Waals surface area (Å²) in [4.78, 5) is 19.6. The Labute approximate surface area is 195 Å². The second-order valence-corrected chi connectivity index (χ2v) is 8.98. The van der Waals surface area contributed by atoms with Crippen LogP contribution in [0.3, 0.4) is 0 Å². The van der Waals surface area contributed by atoms with Crippen molar-refractivity contribution in [2.75, 3.05) is 20.2 Å². The van der Waals surface area contributed by atoms with Crippen LogP contribution in [0.1, 0.15) is 45.8 Å². The number of hydrogen-bond acceptors (Lipinski definition) is 4. The Hall–Kier alpha value is -3.24. The van der Waals surface area contributed by atoms with E-state index in [9.17, 15) is 4.79 Å². The molecule has 0 amide bonds. The molecule has 6 rings (SSSR count). The Bertz CT molecular complexity index is 1060. The first kappa shape index (κ1) is 21.6. The molecule has 3 heterocycles. The van der Waals surface area contributed by atoms with E-state index in [4.69, 9.17) is 9.73 Å². The topological polar surface area (TPSA) is 41.9 Å². The van der Waals surface area contributed by atoms with Gasteiger partial charge in [-0.1, -0.05) is 72.8 Å². The highest BCUT2D eigenvalue weighted by Gasteiger charge is 2.43. The lowest BCUT2D eigenvalue weighted by Gasteiger charge is -2.49. The van der Waals surface area contributed by atoms with E-state index in [1.165, 1.54) is 36.8 Å². The summed E-state index contributed by atoms with van der Waals surface area (Å²) in [6, 6.07) is 29.7. The van der Waals surface area contributed by atoms with Crippen LogP contribution in [0.15, 0.2) is 89.9 Å². The van der Waals surface area contributed by atoms with Gasteiger partial charge in [0.25, 0.3) is 0 Å². The number of carbonyl (C=O) groups is 1. The second-order valence-electron chi connectivity index (χ2n) is 8.98. The van der Waals surface area contributed by atoms with Crippen molar-refractivity contribution in [3.05, 3.63) is 107 Å². The third kappa shape index (κ3) is 4.49. The minimum absolute atomic E-state index is 0.260. The van der Waals surface area contributed by atoms with E-state index in [1.54, 1.807) is 0 Å². The number of fused-ring (bicyclic) bond motifs is 3. The zero-order chi connectivity index (χ0) is 22.6. The Balaban J connectivity index is 1.49. The maximum absolute atomic E-state index is 11.7. The van der Waals surface area contributed by atoms with Gasteiger partial charge in [-0.3, -0.25) is 9.89 Å². The molecule has 3 aliphatic heterocycles. The van der Waals surface area contributed by atoms with Gasteiger partial charge in [0.2, 0.25) is 0 Å². The molecule has 0 spiro atoms. The molecule has 1 atom stereocenters. The number of aliphatic imine (C=N–C) groups is 1. The average molecular weight is 439 g/mol. The van der Waals surface area contributed by atoms with Gasteiger partial charge in [0.05, 0.1) is 25.3 Å². The molecule has 3 aliphatic rings. The summed E-state index contributed by atoms with van der Waals surface area (Å²) >= 11 is 0. The molecule has 3 saturated heterocycles. The van der Waals surface area contributed by atoms with Crippen LogP contribution in [0.5, 0.6) is 0 Å². The molecule has 33 heavy (non-hydrogen) atoms. The first-order valence-corrected chi connectivity index (χ1v) is 11.8. The van der Waals surface area contributed by atoms with E-state index in [0.717, 1.165) is 18.7 Å². The van der Waals surface area contributed by atoms with Gasteiger partial charge in [-0.15, -0.1) is 0 Å². The fraction of sp³-hybridized carbons (Fsp3) is 0.310. The van der Waals surface area contributed by atoms with Crippen LogP contribution in [0.25, 0.3) is 0 Å². The van der Waals surface area contributed by atoms with Crippen molar-refractivity contribution in [2.24, 2.45) is 10.9 Å². The van der Waals surface area contributed by atoms with E-state index >= 15 is 0 Å². The lowest BCUT2D eigenvalue weighted by Crippen LogP contribution is -2.58. The van der Waals surface area contributed by atoms with E-state index in [-0.39, 0.29) is 17.9 Å². The molecule has 0 N–H and O–H groups in total. The summed E-state index contributed by atoms with van der Waals surface area (Å²) in [6.07, 6.45) is 2.37. The largest absolute Gasteiger partial charge is 0.465 e. The van der Waals surface area contributed by atoms with Crippen molar-refractivity contribution >= 4 is 11.7 Å². The van der Waals surface area contributed by atoms with E-state index in [2.05, 4.69) is 65.6 Å². The van der Waals surface area contributed by atoms with Gasteiger partial charge in [0.15, 0.2) is 0 Å². The second kappa shape index (κ2) is 9.72. The van der Waals surface area contributed by atoms with Crippen molar-refractivity contribution in [2.45, 2.75) is 31.3 Å². The number of piperidine rings is 3. The van der Waals surface area contributed by atoms with Gasteiger partial charge in [-0.25, -0.2) is 4.79 Å². The predicted molar refractivity (Wildman–Crippen MR) is 132 cm³/mol. The molecule has 2 bridgehead atoms. The van der Waals surface area contributed by atoms with Gasteiger partial charge in [0.1, 0.15) is 0 Å². The highest BCUT2D eigenvalue weighted by Crippen LogP contribution is 2.40. The van der Waals surface area contributed by atoms with Crippen LogP contribution in [0.4, 0.5) is 0 Å². The fourth-order valence-corrected chi connectivity index (χ4v) is 5.43. The maximum Gasteiger partial charge on any atom is 0.337 e. The molecule has 3 aromatic carbocycles. The molecule has 0 radical (unpaired) electrons. The Morgan fingerprint density at radius 2 is 1.48 bits per heavy atom. The number of methoxy groups -OCH3 is 1. The van der Waals surface area contributed by atoms with Gasteiger partial charge >= 0.3 is 5.97 Å². The fourth-order valence-electron chi connectivity index (χ4n) is 5.43. The molecule has 168 valence electrons. The number of hydrogen-bond donors (Lipinski definition) is 0. The van der Waals surface area contributed by atoms with Gasteiger partial charge < -0.3 is 4.74 Å². The summed E-state index contributed by atoms with van der Waals surface area (Å²) in [7, 11) is 1.41. The van der Waals surface area contributed by atoms with Gasteiger partial charge in [0, 0.05) is 17.5 Å². The first-order chi connectivity index (χ1) is 16.2. The first-order valence-electron chi connectivity index (χ1n) is 11.8. The number of carbonyl (C=O) groups excluding carboxylic acids is 1. The van der Waals surface area contributed by atoms with Crippen LogP contribution < -0.4 is 0 Å². The lowest BCUT2D eigenvalue weighted by molar-refractivity contribution is 0.0600. The third-order valence-corrected chi connectivity index (χ3v) is 7.10. The van der Waals surface area contributed by atoms with Crippen LogP contribution in [0, 0.1) is 5.92 Å². The molecule has 3 aromatic rings. The molecule has 0 aliphatic carbocycles. The molecule has 1 unspecified atom stereocenters. The van der Waals surface area contributed by atoms with Crippen molar-refractivity contribution in [3.63, 3.8) is 0 Å². The van der Waals surface area contributed by atoms with Crippen LogP contribution in [-0.4, -0.2) is 42.8 Å². The molecular formula is C29H30N2O2. The highest BCUT2D eigenvalue weighted by atomic mass is 16.5. The smallest absolute Gasteiger partial charge is 0.337 e. The number of ether oxygens (including phenoxy) is 1. The van der Waals surface area contributed by atoms with Crippen molar-refractivity contribution < 1.29 is 9.53 Å².